The van der Waals surface area contributed by atoms with E-state index in [9.17, 15) is 14.0 Å². The molecule has 222 valence electrons. The standard InChI is InChI=1S/C32H30Cl2FN5O3/c1-5-38(27-8-6-7-16-36-27)30(41)28-23-15-17-39(31(42)43-32(2,3)4)26(18-20-9-12-22(35)13-10-20)29(23)40(37-28)25-14-11-21(33)19-24(25)34/h6-14,16,18-19H,5,15,17H2,1-4H3. The van der Waals surface area contributed by atoms with Gasteiger partial charge in [-0.05, 0) is 88.2 Å². The van der Waals surface area contributed by atoms with Crippen LogP contribution in [0.4, 0.5) is 15.0 Å². The van der Waals surface area contributed by atoms with Gasteiger partial charge in [-0.25, -0.2) is 18.9 Å². The molecule has 0 saturated carbocycles. The average Bonchev–Trinajstić information content (AvgIpc) is 3.34. The molecule has 0 spiro atoms. The van der Waals surface area contributed by atoms with Crippen molar-refractivity contribution in [1.29, 1.82) is 0 Å². The van der Waals surface area contributed by atoms with Crippen molar-refractivity contribution in [1.82, 2.24) is 19.7 Å². The average molecular weight is 623 g/mol. The number of nitrogens with zero attached hydrogens (tertiary/aromatic N) is 5. The van der Waals surface area contributed by atoms with E-state index in [0.29, 0.717) is 57.0 Å². The molecule has 0 fully saturated rings. The van der Waals surface area contributed by atoms with Gasteiger partial charge in [-0.15, -0.1) is 0 Å². The van der Waals surface area contributed by atoms with Crippen LogP contribution in [-0.2, 0) is 11.2 Å². The van der Waals surface area contributed by atoms with Crippen molar-refractivity contribution in [3.05, 3.63) is 105 Å². The normalized spacial score (nSPS) is 14.0. The number of pyridine rings is 1. The Hall–Kier alpha value is -4.21. The molecule has 0 radical (unpaired) electrons. The van der Waals surface area contributed by atoms with Crippen molar-refractivity contribution in [3.63, 3.8) is 0 Å². The number of anilines is 1. The lowest BCUT2D eigenvalue weighted by Crippen LogP contribution is -2.40. The molecule has 3 heterocycles. The number of carbonyl (C=O) groups is 2. The van der Waals surface area contributed by atoms with Gasteiger partial charge < -0.3 is 4.74 Å². The molecule has 0 N–H and O–H groups in total. The highest BCUT2D eigenvalue weighted by molar-refractivity contribution is 6.35. The maximum Gasteiger partial charge on any atom is 0.414 e. The van der Waals surface area contributed by atoms with Gasteiger partial charge in [0.2, 0.25) is 0 Å². The second-order valence-corrected chi connectivity index (χ2v) is 11.7. The van der Waals surface area contributed by atoms with Gasteiger partial charge in [-0.2, -0.15) is 5.10 Å². The summed E-state index contributed by atoms with van der Waals surface area (Å²) in [6.45, 7) is 7.78. The molecule has 1 aliphatic heterocycles. The van der Waals surface area contributed by atoms with Crippen molar-refractivity contribution in [2.75, 3.05) is 18.0 Å². The third kappa shape index (κ3) is 6.43. The zero-order valence-electron chi connectivity index (χ0n) is 24.1. The lowest BCUT2D eigenvalue weighted by molar-refractivity contribution is 0.0351. The van der Waals surface area contributed by atoms with Gasteiger partial charge in [0, 0.05) is 29.9 Å². The number of ether oxygens (including phenoxy) is 1. The molecule has 5 rings (SSSR count). The summed E-state index contributed by atoms with van der Waals surface area (Å²) >= 11 is 12.9. The second kappa shape index (κ2) is 12.2. The Labute approximate surface area is 259 Å². The van der Waals surface area contributed by atoms with Gasteiger partial charge in [0.25, 0.3) is 5.91 Å². The quantitative estimate of drug-likeness (QED) is 0.228. The lowest BCUT2D eigenvalue weighted by atomic mass is 9.99. The van der Waals surface area contributed by atoms with Crippen LogP contribution in [0.3, 0.4) is 0 Å². The van der Waals surface area contributed by atoms with E-state index in [1.165, 1.54) is 17.0 Å². The molecule has 2 amide bonds. The summed E-state index contributed by atoms with van der Waals surface area (Å²) in [6, 6.07) is 16.2. The number of halogens is 3. The molecule has 11 heteroatoms. The zero-order chi connectivity index (χ0) is 30.9. The Morgan fingerprint density at radius 2 is 1.84 bits per heavy atom. The molecule has 43 heavy (non-hydrogen) atoms. The Balaban J connectivity index is 1.76. The number of rotatable bonds is 5. The first-order valence-electron chi connectivity index (χ1n) is 13.7. The molecule has 1 aliphatic rings. The van der Waals surface area contributed by atoms with E-state index in [-0.39, 0.29) is 18.1 Å². The highest BCUT2D eigenvalue weighted by Gasteiger charge is 2.37. The van der Waals surface area contributed by atoms with Gasteiger partial charge in [0.1, 0.15) is 17.2 Å². The third-order valence-corrected chi connectivity index (χ3v) is 7.26. The summed E-state index contributed by atoms with van der Waals surface area (Å²) in [6.07, 6.45) is 3.10. The largest absolute Gasteiger partial charge is 0.443 e. The van der Waals surface area contributed by atoms with Crippen LogP contribution in [-0.4, -0.2) is 50.4 Å². The minimum atomic E-state index is -0.760. The van der Waals surface area contributed by atoms with Gasteiger partial charge in [0.05, 0.1) is 22.1 Å². The van der Waals surface area contributed by atoms with Gasteiger partial charge >= 0.3 is 6.09 Å². The minimum absolute atomic E-state index is 0.197. The summed E-state index contributed by atoms with van der Waals surface area (Å²) in [4.78, 5) is 35.1. The van der Waals surface area contributed by atoms with Gasteiger partial charge in [-0.3, -0.25) is 14.6 Å². The van der Waals surface area contributed by atoms with Crippen LogP contribution in [0.1, 0.15) is 55.0 Å². The molecule has 0 unspecified atom stereocenters. The summed E-state index contributed by atoms with van der Waals surface area (Å²) in [5, 5.41) is 5.53. The van der Waals surface area contributed by atoms with E-state index < -0.39 is 17.5 Å². The van der Waals surface area contributed by atoms with E-state index >= 15 is 0 Å². The number of amides is 2. The Morgan fingerprint density at radius 1 is 1.09 bits per heavy atom. The predicted molar refractivity (Wildman–Crippen MR) is 166 cm³/mol. The molecule has 2 aromatic heterocycles. The van der Waals surface area contributed by atoms with Crippen molar-refractivity contribution >= 4 is 52.8 Å². The number of aromatic nitrogens is 3. The predicted octanol–water partition coefficient (Wildman–Crippen LogP) is 7.67. The maximum atomic E-state index is 14.1. The van der Waals surface area contributed by atoms with Crippen molar-refractivity contribution in [2.24, 2.45) is 0 Å². The fraction of sp³-hybridized carbons (Fsp3) is 0.250. The number of hydrogen-bond acceptors (Lipinski definition) is 5. The van der Waals surface area contributed by atoms with E-state index in [2.05, 4.69) is 4.98 Å². The van der Waals surface area contributed by atoms with E-state index in [1.54, 1.807) is 85.1 Å². The molecule has 0 bridgehead atoms. The molecule has 0 atom stereocenters. The van der Waals surface area contributed by atoms with Crippen molar-refractivity contribution in [2.45, 2.75) is 39.7 Å². The third-order valence-electron chi connectivity index (χ3n) is 6.72. The summed E-state index contributed by atoms with van der Waals surface area (Å²) in [7, 11) is 0. The van der Waals surface area contributed by atoms with Crippen LogP contribution in [0.25, 0.3) is 17.5 Å². The molecule has 4 aromatic rings. The van der Waals surface area contributed by atoms with Gasteiger partial charge in [-0.1, -0.05) is 41.4 Å². The van der Waals surface area contributed by atoms with Crippen LogP contribution >= 0.6 is 23.2 Å². The topological polar surface area (TPSA) is 80.6 Å². The van der Waals surface area contributed by atoms with Crippen LogP contribution in [0.15, 0.2) is 66.9 Å². The van der Waals surface area contributed by atoms with Crippen molar-refractivity contribution in [3.8, 4) is 5.69 Å². The first kappa shape index (κ1) is 30.3. The fourth-order valence-corrected chi connectivity index (χ4v) is 5.33. The number of fused-ring (bicyclic) bond motifs is 1. The van der Waals surface area contributed by atoms with Crippen LogP contribution in [0, 0.1) is 5.82 Å². The first-order valence-corrected chi connectivity index (χ1v) is 14.5. The number of benzene rings is 2. The lowest BCUT2D eigenvalue weighted by Gasteiger charge is -2.33. The monoisotopic (exact) mass is 621 g/mol. The Morgan fingerprint density at radius 3 is 2.47 bits per heavy atom. The van der Waals surface area contributed by atoms with E-state index in [4.69, 9.17) is 33.0 Å². The van der Waals surface area contributed by atoms with Crippen molar-refractivity contribution < 1.29 is 18.7 Å². The molecule has 0 saturated heterocycles. The molecule has 8 nitrogen and oxygen atoms in total. The summed E-state index contributed by atoms with van der Waals surface area (Å²) < 4.78 is 21.1. The van der Waals surface area contributed by atoms with Crippen LogP contribution in [0.5, 0.6) is 0 Å². The van der Waals surface area contributed by atoms with Crippen LogP contribution < -0.4 is 4.90 Å². The summed E-state index contributed by atoms with van der Waals surface area (Å²) in [5.41, 5.74) is 2.04. The summed E-state index contributed by atoms with van der Waals surface area (Å²) in [5.74, 6) is -0.264. The molecule has 2 aromatic carbocycles. The SMILES string of the molecule is CCN(C(=O)c1nn(-c2ccc(Cl)cc2Cl)c2c1CCN(C(=O)OC(C)(C)C)C2=Cc1ccc(F)cc1)c1ccccn1. The number of hydrogen-bond donors (Lipinski definition) is 0. The van der Waals surface area contributed by atoms with E-state index in [1.807, 2.05) is 13.0 Å². The smallest absolute Gasteiger partial charge is 0.414 e. The van der Waals surface area contributed by atoms with E-state index in [0.717, 1.165) is 0 Å². The second-order valence-electron chi connectivity index (χ2n) is 10.9. The van der Waals surface area contributed by atoms with Crippen LogP contribution in [0.2, 0.25) is 10.0 Å². The highest BCUT2D eigenvalue weighted by atomic mass is 35.5. The Kier molecular flexibility index (Phi) is 8.57. The molecule has 0 aliphatic carbocycles. The van der Waals surface area contributed by atoms with Gasteiger partial charge in [0.15, 0.2) is 5.69 Å². The molecular weight excluding hydrogens is 592 g/mol. The first-order chi connectivity index (χ1) is 20.5. The minimum Gasteiger partial charge on any atom is -0.443 e. The fourth-order valence-electron chi connectivity index (χ4n) is 4.84. The molecular formula is C32H30Cl2FN5O3. The maximum absolute atomic E-state index is 14.1. The zero-order valence-corrected chi connectivity index (χ0v) is 25.7. The number of carbonyl (C=O) groups excluding carboxylic acids is 2. The Bertz CT molecular complexity index is 1700. The highest BCUT2D eigenvalue weighted by Crippen LogP contribution is 2.38.